The lowest BCUT2D eigenvalue weighted by atomic mass is 10.4. The van der Waals surface area contributed by atoms with Crippen LogP contribution < -0.4 is 4.57 Å². The molecule has 5 N–H and O–H groups in total. The van der Waals surface area contributed by atoms with E-state index >= 15 is 0 Å². The highest BCUT2D eigenvalue weighted by Crippen LogP contribution is 2.56. The van der Waals surface area contributed by atoms with Crippen molar-refractivity contribution in [2.45, 2.75) is 18.8 Å². The van der Waals surface area contributed by atoms with Crippen LogP contribution in [-0.4, -0.2) is 30.1 Å². The molecular formula is C6H13N2O4P+2. The van der Waals surface area contributed by atoms with E-state index in [0.717, 1.165) is 0 Å². The van der Waals surface area contributed by atoms with Crippen LogP contribution in [0.25, 0.3) is 0 Å². The number of rotatable bonds is 3. The Bertz CT molecular complexity index is 267. The molecule has 7 heteroatoms. The van der Waals surface area contributed by atoms with E-state index in [1.165, 1.54) is 17.8 Å². The molecule has 1 aromatic heterocycles. The van der Waals surface area contributed by atoms with Gasteiger partial charge in [-0.2, -0.15) is 14.7 Å². The lowest BCUT2D eigenvalue weighted by Crippen LogP contribution is -2.46. The molecule has 1 aromatic rings. The summed E-state index contributed by atoms with van der Waals surface area (Å²) in [4.78, 5) is 29.4. The zero-order chi connectivity index (χ0) is 10.1. The minimum Gasteiger partial charge on any atom is -0.348 e. The Balaban J connectivity index is 2.73. The van der Waals surface area contributed by atoms with Crippen LogP contribution in [0.15, 0.2) is 18.7 Å². The summed E-state index contributed by atoms with van der Waals surface area (Å²) in [6, 6.07) is 0. The SMILES string of the molecule is CC(O)(C[n+]1cc[nH]c1)[P+](O)(O)O. The average molecular weight is 208 g/mol. The van der Waals surface area contributed by atoms with E-state index in [2.05, 4.69) is 4.98 Å². The molecule has 0 aromatic carbocycles. The van der Waals surface area contributed by atoms with Gasteiger partial charge in [-0.05, 0) is 0 Å². The molecule has 0 saturated heterocycles. The van der Waals surface area contributed by atoms with E-state index in [0.29, 0.717) is 0 Å². The van der Waals surface area contributed by atoms with E-state index in [9.17, 15) is 5.11 Å². The van der Waals surface area contributed by atoms with Crippen LogP contribution in [0.5, 0.6) is 0 Å². The van der Waals surface area contributed by atoms with Gasteiger partial charge in [0.15, 0.2) is 6.54 Å². The van der Waals surface area contributed by atoms with Gasteiger partial charge >= 0.3 is 7.94 Å². The highest BCUT2D eigenvalue weighted by Gasteiger charge is 2.55. The predicted octanol–water partition coefficient (Wildman–Crippen LogP) is -1.25. The molecule has 0 amide bonds. The molecule has 1 rings (SSSR count). The fraction of sp³-hybridized carbons (Fsp3) is 0.500. The maximum atomic E-state index is 9.49. The van der Waals surface area contributed by atoms with Crippen LogP contribution in [0.2, 0.25) is 0 Å². The third kappa shape index (κ3) is 2.46. The first-order valence-corrected chi connectivity index (χ1v) is 5.29. The first-order valence-electron chi connectivity index (χ1n) is 3.64. The predicted molar refractivity (Wildman–Crippen MR) is 45.2 cm³/mol. The third-order valence-corrected chi connectivity index (χ3v) is 3.17. The number of hydrogen-bond donors (Lipinski definition) is 5. The van der Waals surface area contributed by atoms with Crippen molar-refractivity contribution in [1.82, 2.24) is 4.98 Å². The maximum Gasteiger partial charge on any atom is 0.441 e. The van der Waals surface area contributed by atoms with Crippen molar-refractivity contribution in [3.8, 4) is 0 Å². The summed E-state index contributed by atoms with van der Waals surface area (Å²) in [5.74, 6) is 0. The number of nitrogens with zero attached hydrogens (tertiary/aromatic N) is 1. The van der Waals surface area contributed by atoms with Crippen molar-refractivity contribution in [2.75, 3.05) is 0 Å². The number of aliphatic hydroxyl groups is 1. The van der Waals surface area contributed by atoms with Gasteiger partial charge in [-0.3, -0.25) is 4.98 Å². The zero-order valence-corrected chi connectivity index (χ0v) is 8.02. The van der Waals surface area contributed by atoms with Crippen molar-refractivity contribution < 1.29 is 24.4 Å². The quantitative estimate of drug-likeness (QED) is 0.316. The topological polar surface area (TPSA) is 101 Å². The maximum absolute atomic E-state index is 9.49. The van der Waals surface area contributed by atoms with Crippen molar-refractivity contribution in [2.24, 2.45) is 0 Å². The van der Waals surface area contributed by atoms with Crippen LogP contribution in [0.1, 0.15) is 6.92 Å². The third-order valence-electron chi connectivity index (χ3n) is 1.73. The van der Waals surface area contributed by atoms with Crippen LogP contribution in [0.4, 0.5) is 0 Å². The second-order valence-electron chi connectivity index (χ2n) is 3.07. The fourth-order valence-electron chi connectivity index (χ4n) is 0.860. The molecule has 0 aliphatic carbocycles. The summed E-state index contributed by atoms with van der Waals surface area (Å²) in [5.41, 5.74) is 0. The molecule has 13 heavy (non-hydrogen) atoms. The summed E-state index contributed by atoms with van der Waals surface area (Å²) < 4.78 is 1.50. The fourth-order valence-corrected chi connectivity index (χ4v) is 1.21. The molecule has 74 valence electrons. The van der Waals surface area contributed by atoms with E-state index in [4.69, 9.17) is 14.7 Å². The summed E-state index contributed by atoms with van der Waals surface area (Å²) in [5, 5.41) is 7.57. The highest BCUT2D eigenvalue weighted by molar-refractivity contribution is 7.60. The summed E-state index contributed by atoms with van der Waals surface area (Å²) in [6.45, 7) is 1.08. The Morgan fingerprint density at radius 3 is 2.46 bits per heavy atom. The smallest absolute Gasteiger partial charge is 0.348 e. The standard InChI is InChI=1S/C6H12N2O4P/c1-6(9,13(10,11)12)4-8-3-2-7-5-8/h2-3,5,9-12H,4H2,1H3/q+1/p+1. The average Bonchev–Trinajstić information content (AvgIpc) is 2.35. The molecule has 0 saturated carbocycles. The van der Waals surface area contributed by atoms with Gasteiger partial charge in [0.05, 0.1) is 0 Å². The largest absolute Gasteiger partial charge is 0.441 e. The van der Waals surface area contributed by atoms with Gasteiger partial charge in [-0.1, -0.05) is 0 Å². The molecule has 6 nitrogen and oxygen atoms in total. The normalized spacial score (nSPS) is 17.0. The first-order chi connectivity index (χ1) is 5.83. The van der Waals surface area contributed by atoms with Gasteiger partial charge in [0.25, 0.3) is 5.34 Å². The molecular weight excluding hydrogens is 195 g/mol. The summed E-state index contributed by atoms with van der Waals surface area (Å²) >= 11 is 0. The van der Waals surface area contributed by atoms with E-state index < -0.39 is 13.3 Å². The summed E-state index contributed by atoms with van der Waals surface area (Å²) in [6.07, 6.45) is 4.75. The second-order valence-corrected chi connectivity index (χ2v) is 5.17. The molecule has 0 radical (unpaired) electrons. The van der Waals surface area contributed by atoms with E-state index in [-0.39, 0.29) is 6.54 Å². The number of nitrogens with one attached hydrogen (secondary N) is 1. The van der Waals surface area contributed by atoms with Crippen LogP contribution >= 0.6 is 7.94 Å². The lowest BCUT2D eigenvalue weighted by molar-refractivity contribution is -0.705. The van der Waals surface area contributed by atoms with Crippen LogP contribution in [-0.2, 0) is 6.54 Å². The van der Waals surface area contributed by atoms with Crippen molar-refractivity contribution in [3.05, 3.63) is 18.7 Å². The number of hydrogen-bond acceptors (Lipinski definition) is 4. The number of H-pyrrole nitrogens is 1. The van der Waals surface area contributed by atoms with Crippen LogP contribution in [0.3, 0.4) is 0 Å². The van der Waals surface area contributed by atoms with Crippen molar-refractivity contribution >= 4 is 7.94 Å². The van der Waals surface area contributed by atoms with Gasteiger partial charge in [0.1, 0.15) is 12.4 Å². The highest BCUT2D eigenvalue weighted by atomic mass is 31.2. The Morgan fingerprint density at radius 2 is 2.08 bits per heavy atom. The number of aromatic nitrogens is 2. The molecule has 0 spiro atoms. The Hall–Kier alpha value is -0.520. The van der Waals surface area contributed by atoms with Gasteiger partial charge in [0.2, 0.25) is 6.33 Å². The minimum atomic E-state index is -4.24. The molecule has 1 atom stereocenters. The number of aromatic amines is 1. The zero-order valence-electron chi connectivity index (χ0n) is 7.12. The number of imidazole rings is 1. The van der Waals surface area contributed by atoms with Gasteiger partial charge in [0, 0.05) is 6.92 Å². The molecule has 0 aliphatic rings. The lowest BCUT2D eigenvalue weighted by Gasteiger charge is -2.20. The van der Waals surface area contributed by atoms with Gasteiger partial charge in [-0.25, -0.2) is 4.57 Å². The van der Waals surface area contributed by atoms with Crippen molar-refractivity contribution in [3.63, 3.8) is 0 Å². The molecule has 0 bridgehead atoms. The first kappa shape index (κ1) is 10.6. The van der Waals surface area contributed by atoms with Crippen molar-refractivity contribution in [1.29, 1.82) is 0 Å². The Labute approximate surface area is 75.7 Å². The molecule has 1 heterocycles. The van der Waals surface area contributed by atoms with Gasteiger partial charge in [-0.15, -0.1) is 0 Å². The van der Waals surface area contributed by atoms with E-state index in [1.807, 2.05) is 0 Å². The minimum absolute atomic E-state index is 0.0895. The van der Waals surface area contributed by atoms with Crippen LogP contribution in [0, 0.1) is 0 Å². The van der Waals surface area contributed by atoms with E-state index in [1.54, 1.807) is 12.4 Å². The Morgan fingerprint density at radius 1 is 1.46 bits per heavy atom. The second kappa shape index (κ2) is 3.32. The van der Waals surface area contributed by atoms with Gasteiger partial charge < -0.3 is 5.11 Å². The monoisotopic (exact) mass is 208 g/mol. The summed E-state index contributed by atoms with van der Waals surface area (Å²) in [7, 11) is -4.24. The molecule has 0 aliphatic heterocycles. The molecule has 1 unspecified atom stereocenters. The Kier molecular flexibility index (Phi) is 2.70. The molecule has 0 fully saturated rings.